The zero-order valence-corrected chi connectivity index (χ0v) is 10.9. The van der Waals surface area contributed by atoms with E-state index in [9.17, 15) is 0 Å². The third-order valence-corrected chi connectivity index (χ3v) is 3.15. The molecule has 1 nitrogen and oxygen atoms in total. The largest absolute Gasteiger partial charge is 0.324 e. The van der Waals surface area contributed by atoms with Crippen LogP contribution in [-0.4, -0.2) is 0 Å². The highest BCUT2D eigenvalue weighted by Crippen LogP contribution is 2.24. The molecule has 0 fully saturated rings. The van der Waals surface area contributed by atoms with Gasteiger partial charge in [-0.2, -0.15) is 0 Å². The molecule has 2 aromatic rings. The standard InChI is InChI=1S/C16H21N/c1-11(2)9-15-6-4-5-13-7-8-14(12(3)17)10-16(13)15/h4-8,10-12H,9,17H2,1-3H3. The summed E-state index contributed by atoms with van der Waals surface area (Å²) < 4.78 is 0. The molecule has 1 unspecified atom stereocenters. The molecule has 2 aromatic carbocycles. The highest BCUT2D eigenvalue weighted by molar-refractivity contribution is 5.86. The first-order chi connectivity index (χ1) is 8.08. The highest BCUT2D eigenvalue weighted by atomic mass is 14.6. The second kappa shape index (κ2) is 4.89. The van der Waals surface area contributed by atoms with E-state index in [-0.39, 0.29) is 6.04 Å². The fourth-order valence-electron chi connectivity index (χ4n) is 2.26. The lowest BCUT2D eigenvalue weighted by atomic mass is 9.94. The molecule has 0 spiro atoms. The van der Waals surface area contributed by atoms with Gasteiger partial charge in [0, 0.05) is 6.04 Å². The Kier molecular flexibility index (Phi) is 3.49. The average molecular weight is 227 g/mol. The second-order valence-corrected chi connectivity index (χ2v) is 5.28. The van der Waals surface area contributed by atoms with Crippen molar-refractivity contribution in [1.29, 1.82) is 0 Å². The van der Waals surface area contributed by atoms with Crippen molar-refractivity contribution in [3.8, 4) is 0 Å². The molecule has 0 aliphatic carbocycles. The lowest BCUT2D eigenvalue weighted by Crippen LogP contribution is -2.05. The van der Waals surface area contributed by atoms with Crippen LogP contribution in [0, 0.1) is 5.92 Å². The third kappa shape index (κ3) is 2.67. The van der Waals surface area contributed by atoms with Crippen molar-refractivity contribution in [2.45, 2.75) is 33.2 Å². The van der Waals surface area contributed by atoms with Gasteiger partial charge in [-0.1, -0.05) is 44.2 Å². The maximum atomic E-state index is 5.96. The summed E-state index contributed by atoms with van der Waals surface area (Å²) in [5, 5.41) is 2.67. The topological polar surface area (TPSA) is 26.0 Å². The first kappa shape index (κ1) is 12.1. The Morgan fingerprint density at radius 2 is 1.82 bits per heavy atom. The molecule has 1 atom stereocenters. The predicted molar refractivity (Wildman–Crippen MR) is 75.1 cm³/mol. The first-order valence-electron chi connectivity index (χ1n) is 6.35. The molecular weight excluding hydrogens is 206 g/mol. The Hall–Kier alpha value is -1.34. The van der Waals surface area contributed by atoms with Crippen molar-refractivity contribution in [3.05, 3.63) is 47.5 Å². The molecule has 0 saturated carbocycles. The van der Waals surface area contributed by atoms with Crippen LogP contribution in [0.5, 0.6) is 0 Å². The molecule has 0 amide bonds. The molecule has 0 bridgehead atoms. The molecule has 0 aliphatic heterocycles. The molecule has 0 aliphatic rings. The number of benzene rings is 2. The van der Waals surface area contributed by atoms with E-state index in [1.165, 1.54) is 21.9 Å². The number of rotatable bonds is 3. The van der Waals surface area contributed by atoms with Gasteiger partial charge in [0.1, 0.15) is 0 Å². The van der Waals surface area contributed by atoms with Crippen molar-refractivity contribution in [1.82, 2.24) is 0 Å². The minimum Gasteiger partial charge on any atom is -0.324 e. The molecule has 0 radical (unpaired) electrons. The van der Waals surface area contributed by atoms with E-state index >= 15 is 0 Å². The smallest absolute Gasteiger partial charge is 0.0266 e. The van der Waals surface area contributed by atoms with Crippen molar-refractivity contribution >= 4 is 10.8 Å². The Labute approximate surface area is 104 Å². The highest BCUT2D eigenvalue weighted by Gasteiger charge is 2.06. The van der Waals surface area contributed by atoms with Crippen LogP contribution in [-0.2, 0) is 6.42 Å². The van der Waals surface area contributed by atoms with E-state index in [0.717, 1.165) is 6.42 Å². The fraction of sp³-hybridized carbons (Fsp3) is 0.375. The zero-order chi connectivity index (χ0) is 12.4. The van der Waals surface area contributed by atoms with Crippen molar-refractivity contribution in [2.24, 2.45) is 11.7 Å². The summed E-state index contributed by atoms with van der Waals surface area (Å²) in [6, 6.07) is 13.2. The summed E-state index contributed by atoms with van der Waals surface area (Å²) in [5.41, 5.74) is 8.60. The Morgan fingerprint density at radius 1 is 1.06 bits per heavy atom. The lowest BCUT2D eigenvalue weighted by Gasteiger charge is -2.12. The zero-order valence-electron chi connectivity index (χ0n) is 10.9. The molecule has 2 rings (SSSR count). The Bertz CT molecular complexity index is 512. The van der Waals surface area contributed by atoms with Crippen LogP contribution >= 0.6 is 0 Å². The van der Waals surface area contributed by atoms with E-state index in [1.54, 1.807) is 0 Å². The van der Waals surface area contributed by atoms with E-state index in [1.807, 2.05) is 6.92 Å². The van der Waals surface area contributed by atoms with Gasteiger partial charge in [0.05, 0.1) is 0 Å². The maximum absolute atomic E-state index is 5.96. The minimum absolute atomic E-state index is 0.103. The van der Waals surface area contributed by atoms with Gasteiger partial charge in [-0.25, -0.2) is 0 Å². The van der Waals surface area contributed by atoms with E-state index in [2.05, 4.69) is 50.2 Å². The van der Waals surface area contributed by atoms with E-state index < -0.39 is 0 Å². The van der Waals surface area contributed by atoms with Gasteiger partial charge in [-0.3, -0.25) is 0 Å². The average Bonchev–Trinajstić information content (AvgIpc) is 2.28. The van der Waals surface area contributed by atoms with Gasteiger partial charge in [0.15, 0.2) is 0 Å². The number of hydrogen-bond donors (Lipinski definition) is 1. The normalized spacial score (nSPS) is 13.2. The summed E-state index contributed by atoms with van der Waals surface area (Å²) >= 11 is 0. The van der Waals surface area contributed by atoms with Gasteiger partial charge in [-0.05, 0) is 47.2 Å². The van der Waals surface area contributed by atoms with Crippen LogP contribution < -0.4 is 5.73 Å². The van der Waals surface area contributed by atoms with Crippen LogP contribution in [0.15, 0.2) is 36.4 Å². The maximum Gasteiger partial charge on any atom is 0.0266 e. The summed E-state index contributed by atoms with van der Waals surface area (Å²) in [6.45, 7) is 6.55. The lowest BCUT2D eigenvalue weighted by molar-refractivity contribution is 0.650. The van der Waals surface area contributed by atoms with Gasteiger partial charge in [0.25, 0.3) is 0 Å². The Balaban J connectivity index is 2.55. The number of hydrogen-bond acceptors (Lipinski definition) is 1. The van der Waals surface area contributed by atoms with Gasteiger partial charge in [-0.15, -0.1) is 0 Å². The molecular formula is C16H21N. The van der Waals surface area contributed by atoms with Gasteiger partial charge < -0.3 is 5.73 Å². The van der Waals surface area contributed by atoms with Crippen LogP contribution in [0.1, 0.15) is 37.9 Å². The summed E-state index contributed by atoms with van der Waals surface area (Å²) in [6.07, 6.45) is 1.12. The fourth-order valence-corrected chi connectivity index (χ4v) is 2.26. The minimum atomic E-state index is 0.103. The van der Waals surface area contributed by atoms with Crippen LogP contribution in [0.4, 0.5) is 0 Å². The van der Waals surface area contributed by atoms with Crippen LogP contribution in [0.2, 0.25) is 0 Å². The third-order valence-electron chi connectivity index (χ3n) is 3.15. The molecule has 17 heavy (non-hydrogen) atoms. The summed E-state index contributed by atoms with van der Waals surface area (Å²) in [5.74, 6) is 0.680. The van der Waals surface area contributed by atoms with Crippen molar-refractivity contribution in [2.75, 3.05) is 0 Å². The quantitative estimate of drug-likeness (QED) is 0.840. The van der Waals surface area contributed by atoms with Gasteiger partial charge in [0.2, 0.25) is 0 Å². The molecule has 0 saturated heterocycles. The van der Waals surface area contributed by atoms with E-state index in [0.29, 0.717) is 5.92 Å². The SMILES string of the molecule is CC(C)Cc1cccc2ccc(C(C)N)cc12. The monoisotopic (exact) mass is 227 g/mol. The second-order valence-electron chi connectivity index (χ2n) is 5.28. The predicted octanol–water partition coefficient (Wildman–Crippen LogP) is 4.06. The number of fused-ring (bicyclic) bond motifs is 1. The molecule has 0 heterocycles. The summed E-state index contributed by atoms with van der Waals surface area (Å²) in [4.78, 5) is 0. The van der Waals surface area contributed by atoms with Crippen LogP contribution in [0.25, 0.3) is 10.8 Å². The van der Waals surface area contributed by atoms with Gasteiger partial charge >= 0.3 is 0 Å². The van der Waals surface area contributed by atoms with Crippen LogP contribution in [0.3, 0.4) is 0 Å². The first-order valence-corrected chi connectivity index (χ1v) is 6.35. The molecule has 90 valence electrons. The molecule has 0 aromatic heterocycles. The van der Waals surface area contributed by atoms with Crippen molar-refractivity contribution in [3.63, 3.8) is 0 Å². The number of nitrogens with two attached hydrogens (primary N) is 1. The Morgan fingerprint density at radius 3 is 2.47 bits per heavy atom. The van der Waals surface area contributed by atoms with Crippen molar-refractivity contribution < 1.29 is 0 Å². The molecule has 2 N–H and O–H groups in total. The van der Waals surface area contributed by atoms with E-state index in [4.69, 9.17) is 5.73 Å². The summed E-state index contributed by atoms with van der Waals surface area (Å²) in [7, 11) is 0. The molecule has 1 heteroatoms.